The Morgan fingerprint density at radius 2 is 1.05 bits per heavy atom. The summed E-state index contributed by atoms with van der Waals surface area (Å²) < 4.78 is 18.3. The van der Waals surface area contributed by atoms with Crippen LogP contribution in [0.4, 0.5) is 11.4 Å². The third-order valence-corrected chi connectivity index (χ3v) is 11.3. The van der Waals surface area contributed by atoms with Gasteiger partial charge < -0.3 is 38.9 Å². The molecule has 0 bridgehead atoms. The Morgan fingerprint density at radius 1 is 0.655 bits per heavy atom. The lowest BCUT2D eigenvalue weighted by atomic mass is 10.2. The summed E-state index contributed by atoms with van der Waals surface area (Å²) in [4.78, 5) is 56.3. The van der Waals surface area contributed by atoms with Crippen LogP contribution in [0.5, 0.6) is 11.5 Å². The highest BCUT2D eigenvalue weighted by Gasteiger charge is 2.27. The first-order valence-corrected chi connectivity index (χ1v) is 19.8. The van der Waals surface area contributed by atoms with Crippen molar-refractivity contribution in [2.75, 3.05) is 83.0 Å². The van der Waals surface area contributed by atoms with Crippen molar-refractivity contribution in [2.24, 2.45) is 0 Å². The molecule has 0 saturated carbocycles. The second-order valence-corrected chi connectivity index (χ2v) is 14.8. The molecule has 2 aliphatic heterocycles. The predicted octanol–water partition coefficient (Wildman–Crippen LogP) is 5.59. The van der Waals surface area contributed by atoms with Crippen LogP contribution in [0.3, 0.4) is 0 Å². The van der Waals surface area contributed by atoms with Crippen LogP contribution in [0.15, 0.2) is 36.4 Å². The number of benzene rings is 2. The van der Waals surface area contributed by atoms with E-state index in [1.165, 1.54) is 9.36 Å². The lowest BCUT2D eigenvalue weighted by Gasteiger charge is -2.36. The van der Waals surface area contributed by atoms with Crippen molar-refractivity contribution in [3.8, 4) is 11.5 Å². The van der Waals surface area contributed by atoms with Crippen LogP contribution in [0, 0.1) is 13.8 Å². The Morgan fingerprint density at radius 3 is 1.41 bits per heavy atom. The SMILES string of the molecule is CCOC(=O)c1nn(CC(=O)N2CCN(c3ccc(Cl)c(OC)c3)CC2)c(C)c1Cl.COc1cc(N2CCN(C(=O)Cn3nc(C(=O)O)c(Cl)c3C)CC2)ccc1Cl. The number of carboxylic acid groups (broad SMARTS) is 1. The van der Waals surface area contributed by atoms with E-state index in [1.54, 1.807) is 56.9 Å². The number of carbonyl (C=O) groups excluding carboxylic acids is 3. The Labute approximate surface area is 355 Å². The quantitative estimate of drug-likeness (QED) is 0.186. The second-order valence-electron chi connectivity index (χ2n) is 13.2. The average Bonchev–Trinajstić information content (AvgIpc) is 3.67. The van der Waals surface area contributed by atoms with E-state index in [4.69, 9.17) is 65.7 Å². The van der Waals surface area contributed by atoms with E-state index in [9.17, 15) is 19.2 Å². The van der Waals surface area contributed by atoms with E-state index in [2.05, 4.69) is 20.0 Å². The zero-order chi connectivity index (χ0) is 42.3. The number of amides is 2. The lowest BCUT2D eigenvalue weighted by molar-refractivity contribution is -0.133. The molecule has 20 heteroatoms. The summed E-state index contributed by atoms with van der Waals surface area (Å²) in [6.45, 7) is 10.2. The molecular weight excluding hydrogens is 838 g/mol. The van der Waals surface area contributed by atoms with E-state index in [-0.39, 0.29) is 52.9 Å². The third-order valence-electron chi connectivity index (χ3n) is 9.77. The van der Waals surface area contributed by atoms with Gasteiger partial charge >= 0.3 is 11.9 Å². The van der Waals surface area contributed by atoms with Crippen LogP contribution in [0.2, 0.25) is 20.1 Å². The van der Waals surface area contributed by atoms with Crippen molar-refractivity contribution in [1.29, 1.82) is 0 Å². The molecule has 4 heterocycles. The van der Waals surface area contributed by atoms with Gasteiger partial charge in [0.2, 0.25) is 11.8 Å². The maximum absolute atomic E-state index is 12.8. The molecule has 312 valence electrons. The summed E-state index contributed by atoms with van der Waals surface area (Å²) in [5.74, 6) is -0.794. The van der Waals surface area contributed by atoms with E-state index in [0.717, 1.165) is 11.4 Å². The molecule has 0 atom stereocenters. The number of nitrogens with zero attached hydrogens (tertiary/aromatic N) is 8. The van der Waals surface area contributed by atoms with Gasteiger partial charge in [0.1, 0.15) is 24.6 Å². The molecule has 2 aromatic heterocycles. The number of ether oxygens (including phenoxy) is 3. The molecule has 1 N–H and O–H groups in total. The smallest absolute Gasteiger partial charge is 0.360 e. The van der Waals surface area contributed by atoms with Crippen LogP contribution < -0.4 is 19.3 Å². The first kappa shape index (κ1) is 44.2. The molecule has 2 aromatic carbocycles. The number of carboxylic acids is 1. The zero-order valence-electron chi connectivity index (χ0n) is 32.6. The second kappa shape index (κ2) is 19.7. The highest BCUT2D eigenvalue weighted by Crippen LogP contribution is 2.31. The molecule has 2 aliphatic rings. The Bertz CT molecular complexity index is 2150. The van der Waals surface area contributed by atoms with Crippen molar-refractivity contribution in [3.63, 3.8) is 0 Å². The average molecular weight is 883 g/mol. The van der Waals surface area contributed by atoms with Crippen molar-refractivity contribution in [1.82, 2.24) is 29.4 Å². The minimum Gasteiger partial charge on any atom is -0.495 e. The fourth-order valence-corrected chi connectivity index (χ4v) is 7.22. The molecule has 58 heavy (non-hydrogen) atoms. The van der Waals surface area contributed by atoms with E-state index < -0.39 is 11.9 Å². The van der Waals surface area contributed by atoms with Gasteiger partial charge in [0.25, 0.3) is 0 Å². The van der Waals surface area contributed by atoms with Crippen LogP contribution in [-0.4, -0.2) is 131 Å². The first-order valence-electron chi connectivity index (χ1n) is 18.3. The maximum atomic E-state index is 12.8. The third kappa shape index (κ3) is 10.2. The molecule has 6 rings (SSSR count). The van der Waals surface area contributed by atoms with Gasteiger partial charge in [-0.2, -0.15) is 10.2 Å². The molecule has 2 amide bonds. The number of anilines is 2. The monoisotopic (exact) mass is 880 g/mol. The highest BCUT2D eigenvalue weighted by molar-refractivity contribution is 6.34. The molecule has 0 spiro atoms. The van der Waals surface area contributed by atoms with Crippen LogP contribution in [0.1, 0.15) is 39.3 Å². The fourth-order valence-electron chi connectivity index (χ4n) is 6.40. The lowest BCUT2D eigenvalue weighted by Crippen LogP contribution is -2.49. The topological polar surface area (TPSA) is 165 Å². The van der Waals surface area contributed by atoms with Crippen molar-refractivity contribution in [3.05, 3.63) is 79.3 Å². The number of esters is 1. The first-order chi connectivity index (χ1) is 27.7. The van der Waals surface area contributed by atoms with Crippen molar-refractivity contribution < 1.29 is 38.5 Å². The van der Waals surface area contributed by atoms with Crippen LogP contribution in [-0.2, 0) is 27.4 Å². The number of aromatic nitrogens is 4. The van der Waals surface area contributed by atoms with Gasteiger partial charge in [-0.3, -0.25) is 19.0 Å². The fraction of sp³-hybridized carbons (Fsp3) is 0.421. The van der Waals surface area contributed by atoms with Gasteiger partial charge in [-0.25, -0.2) is 9.59 Å². The largest absolute Gasteiger partial charge is 0.495 e. The minimum absolute atomic E-state index is 0.0136. The molecule has 0 radical (unpaired) electrons. The van der Waals surface area contributed by atoms with Gasteiger partial charge in [0, 0.05) is 75.9 Å². The summed E-state index contributed by atoms with van der Waals surface area (Å²) in [7, 11) is 3.15. The number of piperazine rings is 2. The molecular formula is C38H44Cl4N8O8. The number of rotatable bonds is 11. The van der Waals surface area contributed by atoms with Gasteiger partial charge in [0.05, 0.1) is 52.3 Å². The standard InChI is InChI=1S/C20H24Cl2N4O4.C18H20Cl2N4O4/c1-4-30-20(28)19-18(22)13(2)26(23-19)12-17(27)25-9-7-24(8-10-25)14-5-6-15(21)16(11-14)29-3;1-11-16(20)17(18(26)27)21-24(11)10-15(25)23-7-5-22(6-8-23)12-3-4-13(19)14(9-12)28-2/h5-6,11H,4,7-10,12H2,1-3H3;3-4,9H,5-8,10H2,1-2H3,(H,26,27). The van der Waals surface area contributed by atoms with E-state index in [0.29, 0.717) is 85.3 Å². The summed E-state index contributed by atoms with van der Waals surface area (Å²) in [6, 6.07) is 11.2. The van der Waals surface area contributed by atoms with Crippen LogP contribution >= 0.6 is 46.4 Å². The highest BCUT2D eigenvalue weighted by atomic mass is 35.5. The number of halogens is 4. The van der Waals surface area contributed by atoms with Crippen LogP contribution in [0.25, 0.3) is 0 Å². The molecule has 2 fully saturated rings. The maximum Gasteiger partial charge on any atom is 0.360 e. The molecule has 2 saturated heterocycles. The number of carbonyl (C=O) groups is 4. The number of aromatic carboxylic acids is 1. The van der Waals surface area contributed by atoms with E-state index >= 15 is 0 Å². The summed E-state index contributed by atoms with van der Waals surface area (Å²) >= 11 is 24.4. The van der Waals surface area contributed by atoms with Gasteiger partial charge in [0.15, 0.2) is 11.4 Å². The molecule has 0 unspecified atom stereocenters. The van der Waals surface area contributed by atoms with Crippen molar-refractivity contribution >= 4 is 81.5 Å². The Balaban J connectivity index is 0.000000221. The van der Waals surface area contributed by atoms with Gasteiger partial charge in [-0.05, 0) is 45.0 Å². The van der Waals surface area contributed by atoms with Gasteiger partial charge in [-0.1, -0.05) is 46.4 Å². The normalized spacial score (nSPS) is 14.2. The molecule has 4 aromatic rings. The molecule has 0 aliphatic carbocycles. The Hall–Kier alpha value is -4.90. The number of methoxy groups -OCH3 is 2. The number of hydrogen-bond acceptors (Lipinski definition) is 11. The van der Waals surface area contributed by atoms with Crippen molar-refractivity contribution in [2.45, 2.75) is 33.9 Å². The summed E-state index contributed by atoms with van der Waals surface area (Å²) in [6.07, 6.45) is 0. The summed E-state index contributed by atoms with van der Waals surface area (Å²) in [5, 5.41) is 18.6. The number of hydrogen-bond donors (Lipinski definition) is 1. The summed E-state index contributed by atoms with van der Waals surface area (Å²) in [5.41, 5.74) is 2.78. The minimum atomic E-state index is -1.22. The van der Waals surface area contributed by atoms with Gasteiger partial charge in [-0.15, -0.1) is 0 Å². The predicted molar refractivity (Wildman–Crippen MR) is 220 cm³/mol. The Kier molecular flexibility index (Phi) is 15.0. The van der Waals surface area contributed by atoms with E-state index in [1.807, 2.05) is 24.3 Å². The zero-order valence-corrected chi connectivity index (χ0v) is 35.7. The molecule has 16 nitrogen and oxygen atoms in total.